The van der Waals surface area contributed by atoms with Gasteiger partial charge in [0.15, 0.2) is 0 Å². The lowest BCUT2D eigenvalue weighted by Crippen LogP contribution is -1.93. The average Bonchev–Trinajstić information content (AvgIpc) is 2.99. The highest BCUT2D eigenvalue weighted by Crippen LogP contribution is 2.33. The summed E-state index contributed by atoms with van der Waals surface area (Å²) in [7, 11) is 0. The molecular formula is C23H18N2. The van der Waals surface area contributed by atoms with Crippen molar-refractivity contribution in [2.75, 3.05) is 0 Å². The molecule has 2 aromatic heterocycles. The Kier molecular flexibility index (Phi) is 3.10. The topological polar surface area (TPSA) is 17.8 Å². The minimum Gasteiger partial charge on any atom is -0.341 e. The van der Waals surface area contributed by atoms with Crippen LogP contribution in [0.15, 0.2) is 79.0 Å². The number of hydrogen-bond donors (Lipinski definition) is 0. The first kappa shape index (κ1) is 14.2. The first-order chi connectivity index (χ1) is 12.3. The SMILES string of the molecule is CCn1c2ccccc2c2cc3cnc(-c4ccccc4)cc3cc21. The molecule has 0 bridgehead atoms. The summed E-state index contributed by atoms with van der Waals surface area (Å²) in [5.74, 6) is 0. The fourth-order valence-electron chi connectivity index (χ4n) is 3.79. The van der Waals surface area contributed by atoms with Crippen molar-refractivity contribution in [3.8, 4) is 11.3 Å². The van der Waals surface area contributed by atoms with Crippen LogP contribution in [-0.4, -0.2) is 9.55 Å². The molecule has 0 aliphatic rings. The lowest BCUT2D eigenvalue weighted by atomic mass is 10.0. The lowest BCUT2D eigenvalue weighted by molar-refractivity contribution is 0.827. The van der Waals surface area contributed by atoms with Crippen LogP contribution in [0.5, 0.6) is 0 Å². The predicted molar refractivity (Wildman–Crippen MR) is 106 cm³/mol. The van der Waals surface area contributed by atoms with Gasteiger partial charge in [-0.1, -0.05) is 48.5 Å². The maximum Gasteiger partial charge on any atom is 0.0708 e. The molecule has 0 atom stereocenters. The number of nitrogens with zero attached hydrogens (tertiary/aromatic N) is 2. The van der Waals surface area contributed by atoms with Gasteiger partial charge in [-0.3, -0.25) is 4.98 Å². The molecule has 2 heterocycles. The Morgan fingerprint density at radius 2 is 1.56 bits per heavy atom. The Morgan fingerprint density at radius 3 is 2.40 bits per heavy atom. The highest BCUT2D eigenvalue weighted by molar-refractivity contribution is 6.12. The highest BCUT2D eigenvalue weighted by atomic mass is 15.0. The van der Waals surface area contributed by atoms with Gasteiger partial charge >= 0.3 is 0 Å². The molecule has 0 aliphatic carbocycles. The molecule has 120 valence electrons. The van der Waals surface area contributed by atoms with E-state index in [4.69, 9.17) is 0 Å². The molecule has 0 saturated heterocycles. The number of aryl methyl sites for hydroxylation is 1. The van der Waals surface area contributed by atoms with E-state index in [0.717, 1.165) is 17.8 Å². The Balaban J connectivity index is 1.84. The summed E-state index contributed by atoms with van der Waals surface area (Å²) in [4.78, 5) is 4.68. The first-order valence-electron chi connectivity index (χ1n) is 8.71. The van der Waals surface area contributed by atoms with E-state index < -0.39 is 0 Å². The molecule has 0 saturated carbocycles. The molecule has 0 amide bonds. The largest absolute Gasteiger partial charge is 0.341 e. The zero-order valence-electron chi connectivity index (χ0n) is 14.1. The standard InChI is InChI=1S/C23H18N2/c1-2-25-22-11-7-6-10-19(22)20-12-18-15-24-21(13-17(18)14-23(20)25)16-8-4-3-5-9-16/h3-15H,2H2,1H3. The van der Waals surface area contributed by atoms with E-state index >= 15 is 0 Å². The number of pyridine rings is 1. The molecule has 0 radical (unpaired) electrons. The normalized spacial score (nSPS) is 11.6. The summed E-state index contributed by atoms with van der Waals surface area (Å²) in [5, 5.41) is 5.04. The van der Waals surface area contributed by atoms with Gasteiger partial charge in [-0.2, -0.15) is 0 Å². The van der Waals surface area contributed by atoms with Crippen LogP contribution in [0.3, 0.4) is 0 Å². The van der Waals surface area contributed by atoms with Gasteiger partial charge < -0.3 is 4.57 Å². The van der Waals surface area contributed by atoms with Crippen LogP contribution in [0.2, 0.25) is 0 Å². The third-order valence-corrected chi connectivity index (χ3v) is 5.00. The van der Waals surface area contributed by atoms with Gasteiger partial charge in [-0.15, -0.1) is 0 Å². The molecule has 3 aromatic carbocycles. The van der Waals surface area contributed by atoms with E-state index in [1.54, 1.807) is 0 Å². The van der Waals surface area contributed by atoms with E-state index in [1.165, 1.54) is 32.6 Å². The smallest absolute Gasteiger partial charge is 0.0708 e. The summed E-state index contributed by atoms with van der Waals surface area (Å²) in [6.07, 6.45) is 2.00. The van der Waals surface area contributed by atoms with Crippen molar-refractivity contribution >= 4 is 32.6 Å². The molecular weight excluding hydrogens is 304 g/mol. The van der Waals surface area contributed by atoms with Crippen LogP contribution in [-0.2, 0) is 6.54 Å². The molecule has 0 N–H and O–H groups in total. The van der Waals surface area contributed by atoms with Crippen molar-refractivity contribution in [3.63, 3.8) is 0 Å². The Hall–Kier alpha value is -3.13. The van der Waals surface area contributed by atoms with Crippen LogP contribution >= 0.6 is 0 Å². The van der Waals surface area contributed by atoms with E-state index in [9.17, 15) is 0 Å². The molecule has 0 aliphatic heterocycles. The molecule has 0 unspecified atom stereocenters. The van der Waals surface area contributed by atoms with Crippen molar-refractivity contribution in [3.05, 3.63) is 79.0 Å². The minimum absolute atomic E-state index is 0.964. The van der Waals surface area contributed by atoms with Gasteiger partial charge in [0.1, 0.15) is 0 Å². The molecule has 2 nitrogen and oxygen atoms in total. The Bertz CT molecular complexity index is 1220. The maximum absolute atomic E-state index is 4.68. The Morgan fingerprint density at radius 1 is 0.760 bits per heavy atom. The quantitative estimate of drug-likeness (QED) is 0.388. The van der Waals surface area contributed by atoms with Gasteiger partial charge in [0.25, 0.3) is 0 Å². The second kappa shape index (κ2) is 5.45. The van der Waals surface area contributed by atoms with E-state index in [-0.39, 0.29) is 0 Å². The number of fused-ring (bicyclic) bond motifs is 4. The number of hydrogen-bond acceptors (Lipinski definition) is 1. The fourth-order valence-corrected chi connectivity index (χ4v) is 3.79. The van der Waals surface area contributed by atoms with Crippen molar-refractivity contribution in [1.29, 1.82) is 0 Å². The van der Waals surface area contributed by atoms with Crippen LogP contribution in [0.4, 0.5) is 0 Å². The summed E-state index contributed by atoms with van der Waals surface area (Å²) in [6.45, 7) is 3.17. The van der Waals surface area contributed by atoms with Crippen molar-refractivity contribution < 1.29 is 0 Å². The second-order valence-corrected chi connectivity index (χ2v) is 6.41. The molecule has 0 spiro atoms. The van der Waals surface area contributed by atoms with Gasteiger partial charge in [0, 0.05) is 45.5 Å². The minimum atomic E-state index is 0.964. The third kappa shape index (κ3) is 2.14. The van der Waals surface area contributed by atoms with Crippen molar-refractivity contribution in [1.82, 2.24) is 9.55 Å². The van der Waals surface area contributed by atoms with E-state index in [1.807, 2.05) is 12.3 Å². The zero-order valence-corrected chi connectivity index (χ0v) is 14.1. The van der Waals surface area contributed by atoms with Crippen LogP contribution in [0, 0.1) is 0 Å². The van der Waals surface area contributed by atoms with Gasteiger partial charge in [-0.25, -0.2) is 0 Å². The first-order valence-corrected chi connectivity index (χ1v) is 8.71. The number of benzene rings is 3. The average molecular weight is 322 g/mol. The van der Waals surface area contributed by atoms with Gasteiger partial charge in [0.05, 0.1) is 5.69 Å². The van der Waals surface area contributed by atoms with E-state index in [2.05, 4.69) is 83.2 Å². The predicted octanol–water partition coefficient (Wildman–Crippen LogP) is 6.03. The molecule has 2 heteroatoms. The van der Waals surface area contributed by atoms with Crippen LogP contribution < -0.4 is 0 Å². The molecule has 0 fully saturated rings. The van der Waals surface area contributed by atoms with Crippen LogP contribution in [0.25, 0.3) is 43.8 Å². The summed E-state index contributed by atoms with van der Waals surface area (Å²) in [5.41, 5.74) is 4.76. The molecule has 5 aromatic rings. The maximum atomic E-state index is 4.68. The second-order valence-electron chi connectivity index (χ2n) is 6.41. The van der Waals surface area contributed by atoms with E-state index in [0.29, 0.717) is 0 Å². The summed E-state index contributed by atoms with van der Waals surface area (Å²) in [6, 6.07) is 25.8. The highest BCUT2D eigenvalue weighted by Gasteiger charge is 2.11. The molecule has 25 heavy (non-hydrogen) atoms. The number of para-hydroxylation sites is 1. The van der Waals surface area contributed by atoms with Gasteiger partial charge in [0.2, 0.25) is 0 Å². The fraction of sp³-hybridized carbons (Fsp3) is 0.0870. The monoisotopic (exact) mass is 322 g/mol. The van der Waals surface area contributed by atoms with Crippen molar-refractivity contribution in [2.24, 2.45) is 0 Å². The number of aromatic nitrogens is 2. The lowest BCUT2D eigenvalue weighted by Gasteiger charge is -2.06. The third-order valence-electron chi connectivity index (χ3n) is 5.00. The molecule has 5 rings (SSSR count). The zero-order chi connectivity index (χ0) is 16.8. The number of rotatable bonds is 2. The van der Waals surface area contributed by atoms with Crippen molar-refractivity contribution in [2.45, 2.75) is 13.5 Å². The summed E-state index contributed by atoms with van der Waals surface area (Å²) < 4.78 is 2.40. The van der Waals surface area contributed by atoms with Gasteiger partial charge in [-0.05, 0) is 36.6 Å². The summed E-state index contributed by atoms with van der Waals surface area (Å²) >= 11 is 0. The van der Waals surface area contributed by atoms with Crippen LogP contribution in [0.1, 0.15) is 6.92 Å². The Labute approximate surface area is 146 Å².